The van der Waals surface area contributed by atoms with E-state index in [1.165, 1.54) is 12.1 Å². The van der Waals surface area contributed by atoms with Gasteiger partial charge in [-0.3, -0.25) is 0 Å². The van der Waals surface area contributed by atoms with Crippen LogP contribution in [0.1, 0.15) is 12.6 Å². The molecule has 0 aliphatic heterocycles. The lowest BCUT2D eigenvalue weighted by Gasteiger charge is -2.09. The number of aryl methyl sites for hydroxylation is 1. The average molecular weight is 328 g/mol. The Labute approximate surface area is 118 Å². The average Bonchev–Trinajstić information content (AvgIpc) is 2.35. The van der Waals surface area contributed by atoms with Gasteiger partial charge in [0.25, 0.3) is 0 Å². The predicted molar refractivity (Wildman–Crippen MR) is 74.0 cm³/mol. The minimum atomic E-state index is -0.469. The standard InChI is InChI=1S/C13H12BrF2N3/c1-3-17-13-11(16)7(2)18-12(19-13)9-5-4-8(15)6-10(9)14/h4-6H,3H2,1-2H3,(H,17,18,19). The summed E-state index contributed by atoms with van der Waals surface area (Å²) in [5.41, 5.74) is 0.862. The van der Waals surface area contributed by atoms with Crippen molar-refractivity contribution in [2.45, 2.75) is 13.8 Å². The third-order valence-electron chi connectivity index (χ3n) is 2.53. The smallest absolute Gasteiger partial charge is 0.186 e. The third kappa shape index (κ3) is 2.89. The maximum atomic E-state index is 13.8. The molecule has 0 aliphatic rings. The summed E-state index contributed by atoms with van der Waals surface area (Å²) in [6.07, 6.45) is 0. The number of aromatic nitrogens is 2. The van der Waals surface area contributed by atoms with Crippen LogP contribution in [0.15, 0.2) is 22.7 Å². The van der Waals surface area contributed by atoms with Gasteiger partial charge in [-0.2, -0.15) is 0 Å². The first-order chi connectivity index (χ1) is 9.02. The molecule has 0 radical (unpaired) electrons. The summed E-state index contributed by atoms with van der Waals surface area (Å²) >= 11 is 3.26. The van der Waals surface area contributed by atoms with Crippen LogP contribution in [0.4, 0.5) is 14.6 Å². The summed E-state index contributed by atoms with van der Waals surface area (Å²) in [5.74, 6) is -0.326. The van der Waals surface area contributed by atoms with Gasteiger partial charge < -0.3 is 5.32 Å². The molecule has 1 aromatic heterocycles. The molecule has 6 heteroatoms. The van der Waals surface area contributed by atoms with Gasteiger partial charge in [0.1, 0.15) is 5.82 Å². The molecular weight excluding hydrogens is 316 g/mol. The van der Waals surface area contributed by atoms with E-state index >= 15 is 0 Å². The highest BCUT2D eigenvalue weighted by Gasteiger charge is 2.14. The van der Waals surface area contributed by atoms with E-state index < -0.39 is 5.82 Å². The monoisotopic (exact) mass is 327 g/mol. The summed E-state index contributed by atoms with van der Waals surface area (Å²) in [7, 11) is 0. The van der Waals surface area contributed by atoms with Crippen LogP contribution in [0.2, 0.25) is 0 Å². The fourth-order valence-corrected chi connectivity index (χ4v) is 2.16. The minimum Gasteiger partial charge on any atom is -0.368 e. The largest absolute Gasteiger partial charge is 0.368 e. The van der Waals surface area contributed by atoms with Crippen molar-refractivity contribution >= 4 is 21.7 Å². The molecule has 0 amide bonds. The van der Waals surface area contributed by atoms with E-state index in [0.29, 0.717) is 22.4 Å². The highest BCUT2D eigenvalue weighted by atomic mass is 79.9. The molecule has 2 rings (SSSR count). The fourth-order valence-electron chi connectivity index (χ4n) is 1.64. The maximum absolute atomic E-state index is 13.8. The van der Waals surface area contributed by atoms with Crippen LogP contribution in [0.3, 0.4) is 0 Å². The van der Waals surface area contributed by atoms with Gasteiger partial charge in [0.15, 0.2) is 17.5 Å². The molecule has 1 aromatic carbocycles. The zero-order valence-electron chi connectivity index (χ0n) is 10.5. The second-order valence-corrected chi connectivity index (χ2v) is 4.80. The van der Waals surface area contributed by atoms with Gasteiger partial charge in [-0.25, -0.2) is 18.7 Å². The second-order valence-electron chi connectivity index (χ2n) is 3.95. The Kier molecular flexibility index (Phi) is 4.09. The first-order valence-electron chi connectivity index (χ1n) is 5.76. The molecule has 0 saturated heterocycles. The predicted octanol–water partition coefficient (Wildman–Crippen LogP) is 3.92. The molecule has 0 unspecified atom stereocenters. The Morgan fingerprint density at radius 2 is 2.00 bits per heavy atom. The van der Waals surface area contributed by atoms with Crippen molar-refractivity contribution in [1.82, 2.24) is 9.97 Å². The SMILES string of the molecule is CCNc1nc(-c2ccc(F)cc2Br)nc(C)c1F. The summed E-state index contributed by atoms with van der Waals surface area (Å²) in [6.45, 7) is 3.97. The van der Waals surface area contributed by atoms with Crippen molar-refractivity contribution in [2.24, 2.45) is 0 Å². The number of halogens is 3. The Hall–Kier alpha value is -1.56. The van der Waals surface area contributed by atoms with Crippen molar-refractivity contribution in [3.05, 3.63) is 40.0 Å². The second kappa shape index (κ2) is 5.61. The quantitative estimate of drug-likeness (QED) is 0.928. The lowest BCUT2D eigenvalue weighted by Crippen LogP contribution is -2.07. The number of hydrogen-bond acceptors (Lipinski definition) is 3. The molecule has 0 spiro atoms. The maximum Gasteiger partial charge on any atom is 0.186 e. The Morgan fingerprint density at radius 3 is 2.63 bits per heavy atom. The van der Waals surface area contributed by atoms with Crippen LogP contribution < -0.4 is 5.32 Å². The highest BCUT2D eigenvalue weighted by molar-refractivity contribution is 9.10. The Balaban J connectivity index is 2.56. The number of nitrogens with zero attached hydrogens (tertiary/aromatic N) is 2. The molecule has 2 aromatic rings. The molecule has 100 valence electrons. The van der Waals surface area contributed by atoms with Gasteiger partial charge in [0.05, 0.1) is 5.69 Å². The van der Waals surface area contributed by atoms with E-state index in [2.05, 4.69) is 31.2 Å². The number of hydrogen-bond donors (Lipinski definition) is 1. The van der Waals surface area contributed by atoms with Gasteiger partial charge >= 0.3 is 0 Å². The Morgan fingerprint density at radius 1 is 1.26 bits per heavy atom. The van der Waals surface area contributed by atoms with Crippen LogP contribution in [0.5, 0.6) is 0 Å². The van der Waals surface area contributed by atoms with Crippen molar-refractivity contribution in [2.75, 3.05) is 11.9 Å². The van der Waals surface area contributed by atoms with Crippen LogP contribution in [0, 0.1) is 18.6 Å². The molecule has 1 heterocycles. The molecule has 0 fully saturated rings. The molecule has 19 heavy (non-hydrogen) atoms. The normalized spacial score (nSPS) is 10.6. The van der Waals surface area contributed by atoms with Gasteiger partial charge in [0, 0.05) is 16.6 Å². The molecule has 3 nitrogen and oxygen atoms in total. The van der Waals surface area contributed by atoms with Crippen molar-refractivity contribution in [3.63, 3.8) is 0 Å². The first kappa shape index (κ1) is 13.9. The van der Waals surface area contributed by atoms with E-state index in [9.17, 15) is 8.78 Å². The lowest BCUT2D eigenvalue weighted by atomic mass is 10.2. The van der Waals surface area contributed by atoms with Gasteiger partial charge in [-0.05, 0) is 48.0 Å². The van der Waals surface area contributed by atoms with E-state index in [0.717, 1.165) is 0 Å². The summed E-state index contributed by atoms with van der Waals surface area (Å²) < 4.78 is 27.4. The molecule has 0 saturated carbocycles. The molecule has 0 aliphatic carbocycles. The van der Waals surface area contributed by atoms with Gasteiger partial charge in [-0.15, -0.1) is 0 Å². The van der Waals surface area contributed by atoms with E-state index in [-0.39, 0.29) is 17.3 Å². The third-order valence-corrected chi connectivity index (χ3v) is 3.19. The van der Waals surface area contributed by atoms with Crippen LogP contribution in [-0.4, -0.2) is 16.5 Å². The summed E-state index contributed by atoms with van der Waals surface area (Å²) in [5, 5.41) is 2.84. The zero-order chi connectivity index (χ0) is 14.0. The van der Waals surface area contributed by atoms with E-state index in [1.54, 1.807) is 13.0 Å². The van der Waals surface area contributed by atoms with Crippen molar-refractivity contribution < 1.29 is 8.78 Å². The lowest BCUT2D eigenvalue weighted by molar-refractivity contribution is 0.606. The number of benzene rings is 1. The molecule has 0 atom stereocenters. The zero-order valence-corrected chi connectivity index (χ0v) is 12.1. The fraction of sp³-hybridized carbons (Fsp3) is 0.231. The van der Waals surface area contributed by atoms with Crippen LogP contribution in [-0.2, 0) is 0 Å². The number of rotatable bonds is 3. The highest BCUT2D eigenvalue weighted by Crippen LogP contribution is 2.28. The van der Waals surface area contributed by atoms with Gasteiger partial charge in [0.2, 0.25) is 0 Å². The van der Waals surface area contributed by atoms with Crippen molar-refractivity contribution in [3.8, 4) is 11.4 Å². The molecule has 1 N–H and O–H groups in total. The van der Waals surface area contributed by atoms with Crippen molar-refractivity contribution in [1.29, 1.82) is 0 Å². The van der Waals surface area contributed by atoms with Crippen LogP contribution in [0.25, 0.3) is 11.4 Å². The van der Waals surface area contributed by atoms with E-state index in [1.807, 2.05) is 6.92 Å². The summed E-state index contributed by atoms with van der Waals surface area (Å²) in [4.78, 5) is 8.23. The van der Waals surface area contributed by atoms with E-state index in [4.69, 9.17) is 0 Å². The van der Waals surface area contributed by atoms with Crippen LogP contribution >= 0.6 is 15.9 Å². The topological polar surface area (TPSA) is 37.8 Å². The minimum absolute atomic E-state index is 0.154. The molecule has 0 bridgehead atoms. The summed E-state index contributed by atoms with van der Waals surface area (Å²) in [6, 6.07) is 4.20. The molecular formula is C13H12BrF2N3. The first-order valence-corrected chi connectivity index (χ1v) is 6.55. The van der Waals surface area contributed by atoms with Gasteiger partial charge in [-0.1, -0.05) is 0 Å². The Bertz CT molecular complexity index is 617. The number of anilines is 1. The number of nitrogens with one attached hydrogen (secondary N) is 1.